The molecule has 90 valence electrons. The van der Waals surface area contributed by atoms with Gasteiger partial charge in [0.25, 0.3) is 0 Å². The second-order valence-corrected chi connectivity index (χ2v) is 5.10. The minimum atomic E-state index is 0.275. The third-order valence-corrected chi connectivity index (χ3v) is 4.20. The maximum absolute atomic E-state index is 5.93. The van der Waals surface area contributed by atoms with Crippen LogP contribution < -0.4 is 10.6 Å². The van der Waals surface area contributed by atoms with Gasteiger partial charge in [0.15, 0.2) is 0 Å². The fraction of sp³-hybridized carbons (Fsp3) is 0.500. The molecule has 0 radical (unpaired) electrons. The van der Waals surface area contributed by atoms with Crippen LogP contribution in [0.1, 0.15) is 24.8 Å². The number of hydrogen-bond donors (Lipinski definition) is 1. The van der Waals surface area contributed by atoms with E-state index in [1.807, 2.05) is 6.34 Å². The topological polar surface area (TPSA) is 41.6 Å². The van der Waals surface area contributed by atoms with Crippen LogP contribution >= 0.6 is 0 Å². The molecule has 0 spiro atoms. The molecule has 0 aromatic heterocycles. The standard InChI is InChI=1S/C14H19N3/c15-10-14(6-1-7-14)12-2-4-13(5-3-12)17-9-8-16-11-17/h2-5,11H,1,6-10,15H2. The van der Waals surface area contributed by atoms with Crippen LogP contribution in [-0.2, 0) is 5.41 Å². The molecule has 1 saturated carbocycles. The normalized spacial score (nSPS) is 21.6. The molecule has 0 atom stereocenters. The highest BCUT2D eigenvalue weighted by Crippen LogP contribution is 2.43. The Hall–Kier alpha value is -1.35. The number of anilines is 1. The molecule has 0 amide bonds. The number of aliphatic imine (C=N–C) groups is 1. The third-order valence-electron chi connectivity index (χ3n) is 4.20. The Morgan fingerprint density at radius 2 is 2.00 bits per heavy atom. The van der Waals surface area contributed by atoms with Gasteiger partial charge in [0, 0.05) is 24.2 Å². The van der Waals surface area contributed by atoms with Gasteiger partial charge in [-0.25, -0.2) is 0 Å². The van der Waals surface area contributed by atoms with Gasteiger partial charge >= 0.3 is 0 Å². The third kappa shape index (κ3) is 1.75. The maximum Gasteiger partial charge on any atom is 0.0895 e. The van der Waals surface area contributed by atoms with Crippen LogP contribution in [0.3, 0.4) is 0 Å². The summed E-state index contributed by atoms with van der Waals surface area (Å²) >= 11 is 0. The van der Waals surface area contributed by atoms with E-state index < -0.39 is 0 Å². The molecule has 3 heteroatoms. The van der Waals surface area contributed by atoms with E-state index in [1.165, 1.54) is 30.5 Å². The van der Waals surface area contributed by atoms with Crippen LogP contribution in [0.25, 0.3) is 0 Å². The number of rotatable bonds is 3. The van der Waals surface area contributed by atoms with E-state index in [0.717, 1.165) is 19.6 Å². The molecule has 1 aromatic rings. The molecule has 2 N–H and O–H groups in total. The number of nitrogens with two attached hydrogens (primary N) is 1. The van der Waals surface area contributed by atoms with E-state index in [1.54, 1.807) is 0 Å². The summed E-state index contributed by atoms with van der Waals surface area (Å²) in [5, 5.41) is 0. The van der Waals surface area contributed by atoms with Crippen LogP contribution in [-0.4, -0.2) is 26.0 Å². The Labute approximate surface area is 102 Å². The van der Waals surface area contributed by atoms with Gasteiger partial charge in [-0.2, -0.15) is 0 Å². The largest absolute Gasteiger partial charge is 0.331 e. The summed E-state index contributed by atoms with van der Waals surface area (Å²) in [5.41, 5.74) is 8.85. The lowest BCUT2D eigenvalue weighted by Crippen LogP contribution is -2.41. The van der Waals surface area contributed by atoms with Crippen molar-refractivity contribution in [1.29, 1.82) is 0 Å². The summed E-state index contributed by atoms with van der Waals surface area (Å²) in [6.45, 7) is 2.69. The average molecular weight is 229 g/mol. The summed E-state index contributed by atoms with van der Waals surface area (Å²) < 4.78 is 0. The highest BCUT2D eigenvalue weighted by molar-refractivity contribution is 5.80. The second-order valence-electron chi connectivity index (χ2n) is 5.10. The van der Waals surface area contributed by atoms with Crippen molar-refractivity contribution in [2.45, 2.75) is 24.7 Å². The predicted molar refractivity (Wildman–Crippen MR) is 71.7 cm³/mol. The molecule has 0 unspecified atom stereocenters. The van der Waals surface area contributed by atoms with Crippen molar-refractivity contribution in [3.05, 3.63) is 29.8 Å². The average Bonchev–Trinajstić information content (AvgIpc) is 2.83. The van der Waals surface area contributed by atoms with Gasteiger partial charge in [0.1, 0.15) is 0 Å². The van der Waals surface area contributed by atoms with Gasteiger partial charge in [-0.05, 0) is 30.5 Å². The summed E-state index contributed by atoms with van der Waals surface area (Å²) in [4.78, 5) is 6.43. The zero-order valence-electron chi connectivity index (χ0n) is 10.1. The Balaban J connectivity index is 1.82. The van der Waals surface area contributed by atoms with E-state index in [9.17, 15) is 0 Å². The van der Waals surface area contributed by atoms with Gasteiger partial charge in [-0.3, -0.25) is 4.99 Å². The fourth-order valence-electron chi connectivity index (χ4n) is 2.80. The lowest BCUT2D eigenvalue weighted by atomic mass is 9.64. The molecule has 1 aliphatic carbocycles. The van der Waals surface area contributed by atoms with Crippen molar-refractivity contribution >= 4 is 12.0 Å². The maximum atomic E-state index is 5.93. The van der Waals surface area contributed by atoms with Crippen molar-refractivity contribution < 1.29 is 0 Å². The highest BCUT2D eigenvalue weighted by atomic mass is 15.2. The minimum absolute atomic E-state index is 0.275. The second kappa shape index (κ2) is 4.15. The lowest BCUT2D eigenvalue weighted by Gasteiger charge is -2.41. The Morgan fingerprint density at radius 1 is 1.24 bits per heavy atom. The Morgan fingerprint density at radius 3 is 2.47 bits per heavy atom. The first-order chi connectivity index (χ1) is 8.34. The Kier molecular flexibility index (Phi) is 2.63. The quantitative estimate of drug-likeness (QED) is 0.860. The van der Waals surface area contributed by atoms with Crippen LogP contribution in [0.2, 0.25) is 0 Å². The van der Waals surface area contributed by atoms with Crippen molar-refractivity contribution in [3.8, 4) is 0 Å². The van der Waals surface area contributed by atoms with E-state index in [2.05, 4.69) is 34.2 Å². The van der Waals surface area contributed by atoms with Gasteiger partial charge in [-0.1, -0.05) is 18.6 Å². The van der Waals surface area contributed by atoms with Crippen molar-refractivity contribution in [2.75, 3.05) is 24.5 Å². The van der Waals surface area contributed by atoms with E-state index in [-0.39, 0.29) is 5.41 Å². The van der Waals surface area contributed by atoms with Gasteiger partial charge in [-0.15, -0.1) is 0 Å². The smallest absolute Gasteiger partial charge is 0.0895 e. The first-order valence-corrected chi connectivity index (χ1v) is 6.41. The van der Waals surface area contributed by atoms with Crippen molar-refractivity contribution in [1.82, 2.24) is 0 Å². The molecule has 17 heavy (non-hydrogen) atoms. The summed E-state index contributed by atoms with van der Waals surface area (Å²) in [6, 6.07) is 8.88. The molecule has 1 heterocycles. The van der Waals surface area contributed by atoms with E-state index in [0.29, 0.717) is 0 Å². The number of hydrogen-bond acceptors (Lipinski definition) is 3. The summed E-state index contributed by atoms with van der Waals surface area (Å²) in [6.07, 6.45) is 5.73. The molecule has 0 bridgehead atoms. The van der Waals surface area contributed by atoms with Crippen molar-refractivity contribution in [3.63, 3.8) is 0 Å². The molecule has 1 fully saturated rings. The van der Waals surface area contributed by atoms with Gasteiger partial charge in [0.2, 0.25) is 0 Å². The molecule has 1 aliphatic heterocycles. The molecule has 1 aromatic carbocycles. The lowest BCUT2D eigenvalue weighted by molar-refractivity contribution is 0.253. The molecule has 0 saturated heterocycles. The molecule has 3 nitrogen and oxygen atoms in total. The molecular weight excluding hydrogens is 210 g/mol. The zero-order chi connectivity index (χ0) is 11.7. The summed E-state index contributed by atoms with van der Waals surface area (Å²) in [7, 11) is 0. The van der Waals surface area contributed by atoms with Crippen LogP contribution in [0, 0.1) is 0 Å². The van der Waals surface area contributed by atoms with Crippen LogP contribution in [0.4, 0.5) is 5.69 Å². The molecule has 3 rings (SSSR count). The van der Waals surface area contributed by atoms with Crippen molar-refractivity contribution in [2.24, 2.45) is 10.7 Å². The van der Waals surface area contributed by atoms with Crippen LogP contribution in [0.5, 0.6) is 0 Å². The first-order valence-electron chi connectivity index (χ1n) is 6.41. The fourth-order valence-corrected chi connectivity index (χ4v) is 2.80. The Bertz CT molecular complexity index is 412. The number of benzene rings is 1. The van der Waals surface area contributed by atoms with E-state index >= 15 is 0 Å². The van der Waals surface area contributed by atoms with Crippen LogP contribution in [0.15, 0.2) is 29.3 Å². The minimum Gasteiger partial charge on any atom is -0.331 e. The first kappa shape index (κ1) is 10.8. The molecular formula is C14H19N3. The summed E-state index contributed by atoms with van der Waals surface area (Å²) in [5.74, 6) is 0. The molecule has 2 aliphatic rings. The van der Waals surface area contributed by atoms with E-state index in [4.69, 9.17) is 5.73 Å². The van der Waals surface area contributed by atoms with Gasteiger partial charge < -0.3 is 10.6 Å². The number of nitrogens with zero attached hydrogens (tertiary/aromatic N) is 2. The SMILES string of the molecule is NCC1(c2ccc(N3C=NCC3)cc2)CCC1. The predicted octanol–water partition coefficient (Wildman–Crippen LogP) is 1.92. The monoisotopic (exact) mass is 229 g/mol. The highest BCUT2D eigenvalue weighted by Gasteiger charge is 2.37. The zero-order valence-corrected chi connectivity index (χ0v) is 10.1. The van der Waals surface area contributed by atoms with Gasteiger partial charge in [0.05, 0.1) is 12.9 Å².